The molecule has 0 aliphatic rings. The van der Waals surface area contributed by atoms with Crippen LogP contribution in [0, 0.1) is 10.1 Å². The minimum absolute atomic E-state index is 0.111. The standard InChI is InChI=1S/C18H18N2O4/c21-18(24-14-16-9-5-2-6-10-16)19-17(13-20(22)23)12-11-15-7-3-1-4-8-15/h1-12,17H,13-14H2,(H,19,21)/b12-11+. The molecule has 0 radical (unpaired) electrons. The van der Waals surface area contributed by atoms with Crippen molar-refractivity contribution in [3.63, 3.8) is 0 Å². The Labute approximate surface area is 139 Å². The number of hydrogen-bond acceptors (Lipinski definition) is 4. The number of nitro groups is 1. The van der Waals surface area contributed by atoms with E-state index in [9.17, 15) is 14.9 Å². The molecule has 1 unspecified atom stereocenters. The first kappa shape index (κ1) is 17.2. The third-order valence-corrected chi connectivity index (χ3v) is 3.18. The highest BCUT2D eigenvalue weighted by atomic mass is 16.6. The largest absolute Gasteiger partial charge is 0.445 e. The zero-order chi connectivity index (χ0) is 17.2. The smallest absolute Gasteiger partial charge is 0.408 e. The van der Waals surface area contributed by atoms with E-state index in [-0.39, 0.29) is 6.61 Å². The van der Waals surface area contributed by atoms with E-state index in [1.165, 1.54) is 0 Å². The van der Waals surface area contributed by atoms with E-state index in [1.54, 1.807) is 12.2 Å². The zero-order valence-corrected chi connectivity index (χ0v) is 13.0. The van der Waals surface area contributed by atoms with E-state index in [4.69, 9.17) is 4.74 Å². The van der Waals surface area contributed by atoms with Crippen molar-refractivity contribution in [1.29, 1.82) is 0 Å². The van der Waals surface area contributed by atoms with Crippen molar-refractivity contribution in [2.45, 2.75) is 12.6 Å². The SMILES string of the molecule is O=C(NC(/C=C/c1ccccc1)C[N+](=O)[O-])OCc1ccccc1. The molecule has 0 aromatic heterocycles. The van der Waals surface area contributed by atoms with Crippen LogP contribution < -0.4 is 5.32 Å². The fourth-order valence-corrected chi connectivity index (χ4v) is 2.02. The Morgan fingerprint density at radius 1 is 1.12 bits per heavy atom. The van der Waals surface area contributed by atoms with Crippen LogP contribution in [0.3, 0.4) is 0 Å². The van der Waals surface area contributed by atoms with E-state index < -0.39 is 23.6 Å². The number of alkyl carbamates (subject to hydrolysis) is 1. The van der Waals surface area contributed by atoms with Crippen LogP contribution in [0.1, 0.15) is 11.1 Å². The molecule has 0 spiro atoms. The molecule has 124 valence electrons. The number of hydrogen-bond donors (Lipinski definition) is 1. The Hall–Kier alpha value is -3.15. The summed E-state index contributed by atoms with van der Waals surface area (Å²) >= 11 is 0. The molecule has 0 saturated carbocycles. The Bertz CT molecular complexity index is 687. The van der Waals surface area contributed by atoms with E-state index in [2.05, 4.69) is 5.32 Å². The zero-order valence-electron chi connectivity index (χ0n) is 13.0. The minimum Gasteiger partial charge on any atom is -0.445 e. The molecule has 24 heavy (non-hydrogen) atoms. The summed E-state index contributed by atoms with van der Waals surface area (Å²) < 4.78 is 5.09. The lowest BCUT2D eigenvalue weighted by atomic mass is 10.1. The van der Waals surface area contributed by atoms with Crippen molar-refractivity contribution in [2.24, 2.45) is 0 Å². The van der Waals surface area contributed by atoms with Gasteiger partial charge >= 0.3 is 6.09 Å². The van der Waals surface area contributed by atoms with Crippen LogP contribution in [0.15, 0.2) is 66.7 Å². The van der Waals surface area contributed by atoms with Crippen LogP contribution in [-0.2, 0) is 11.3 Å². The summed E-state index contributed by atoms with van der Waals surface area (Å²) in [7, 11) is 0. The van der Waals surface area contributed by atoms with Crippen LogP contribution in [0.4, 0.5) is 4.79 Å². The van der Waals surface area contributed by atoms with Gasteiger partial charge in [0.15, 0.2) is 0 Å². The summed E-state index contributed by atoms with van der Waals surface area (Å²) in [6.45, 7) is -0.302. The number of carbonyl (C=O) groups excluding carboxylic acids is 1. The second-order valence-corrected chi connectivity index (χ2v) is 5.10. The molecule has 0 fully saturated rings. The van der Waals surface area contributed by atoms with Crippen LogP contribution >= 0.6 is 0 Å². The van der Waals surface area contributed by atoms with Gasteiger partial charge in [-0.2, -0.15) is 0 Å². The Morgan fingerprint density at radius 3 is 2.38 bits per heavy atom. The van der Waals surface area contributed by atoms with Crippen LogP contribution in [0.5, 0.6) is 0 Å². The fraction of sp³-hybridized carbons (Fsp3) is 0.167. The highest BCUT2D eigenvalue weighted by molar-refractivity contribution is 5.68. The summed E-state index contributed by atoms with van der Waals surface area (Å²) in [5, 5.41) is 13.3. The first-order chi connectivity index (χ1) is 11.6. The first-order valence-electron chi connectivity index (χ1n) is 7.46. The molecular formula is C18H18N2O4. The molecule has 1 amide bonds. The average molecular weight is 326 g/mol. The van der Waals surface area contributed by atoms with Gasteiger partial charge < -0.3 is 10.1 Å². The highest BCUT2D eigenvalue weighted by Crippen LogP contribution is 2.04. The second kappa shape index (κ2) is 9.09. The lowest BCUT2D eigenvalue weighted by Gasteiger charge is -2.11. The van der Waals surface area contributed by atoms with E-state index in [1.807, 2.05) is 60.7 Å². The Kier molecular flexibility index (Phi) is 6.52. The monoisotopic (exact) mass is 326 g/mol. The van der Waals surface area contributed by atoms with Gasteiger partial charge in [0.05, 0.1) is 0 Å². The average Bonchev–Trinajstić information content (AvgIpc) is 2.59. The van der Waals surface area contributed by atoms with E-state index in [0.717, 1.165) is 11.1 Å². The summed E-state index contributed by atoms with van der Waals surface area (Å²) in [6.07, 6.45) is 2.62. The van der Waals surface area contributed by atoms with Gasteiger partial charge in [-0.3, -0.25) is 10.1 Å². The molecule has 2 aromatic carbocycles. The Balaban J connectivity index is 1.91. The molecule has 0 aliphatic heterocycles. The lowest BCUT2D eigenvalue weighted by molar-refractivity contribution is -0.481. The van der Waals surface area contributed by atoms with Gasteiger partial charge in [-0.05, 0) is 11.1 Å². The van der Waals surface area contributed by atoms with Gasteiger partial charge in [0, 0.05) is 4.92 Å². The van der Waals surface area contributed by atoms with Gasteiger partial charge in [0.2, 0.25) is 6.54 Å². The second-order valence-electron chi connectivity index (χ2n) is 5.10. The van der Waals surface area contributed by atoms with Crippen molar-refractivity contribution < 1.29 is 14.5 Å². The highest BCUT2D eigenvalue weighted by Gasteiger charge is 2.16. The fourth-order valence-electron chi connectivity index (χ4n) is 2.02. The number of nitrogens with zero attached hydrogens (tertiary/aromatic N) is 1. The van der Waals surface area contributed by atoms with Crippen molar-refractivity contribution in [3.8, 4) is 0 Å². The predicted octanol–water partition coefficient (Wildman–Crippen LogP) is 3.27. The quantitative estimate of drug-likeness (QED) is 0.625. The molecule has 0 aliphatic carbocycles. The van der Waals surface area contributed by atoms with Gasteiger partial charge in [0.1, 0.15) is 12.6 Å². The van der Waals surface area contributed by atoms with Crippen LogP contribution in [-0.4, -0.2) is 23.6 Å². The molecule has 6 heteroatoms. The Morgan fingerprint density at radius 2 is 1.75 bits per heavy atom. The van der Waals surface area contributed by atoms with Gasteiger partial charge in [0.25, 0.3) is 0 Å². The van der Waals surface area contributed by atoms with Gasteiger partial charge in [-0.1, -0.05) is 72.8 Å². The molecule has 0 bridgehead atoms. The van der Waals surface area contributed by atoms with Gasteiger partial charge in [-0.25, -0.2) is 4.79 Å². The molecule has 1 atom stereocenters. The predicted molar refractivity (Wildman–Crippen MR) is 90.9 cm³/mol. The molecule has 0 saturated heterocycles. The summed E-state index contributed by atoms with van der Waals surface area (Å²) in [5.41, 5.74) is 1.74. The topological polar surface area (TPSA) is 81.5 Å². The summed E-state index contributed by atoms with van der Waals surface area (Å²) in [4.78, 5) is 22.1. The normalized spacial score (nSPS) is 11.8. The number of rotatable bonds is 7. The summed E-state index contributed by atoms with van der Waals surface area (Å²) in [5.74, 6) is 0. The molecular weight excluding hydrogens is 308 g/mol. The van der Waals surface area contributed by atoms with E-state index >= 15 is 0 Å². The van der Waals surface area contributed by atoms with Crippen molar-refractivity contribution in [2.75, 3.05) is 6.54 Å². The molecule has 2 aromatic rings. The molecule has 6 nitrogen and oxygen atoms in total. The lowest BCUT2D eigenvalue weighted by Crippen LogP contribution is -2.38. The van der Waals surface area contributed by atoms with Crippen molar-refractivity contribution in [1.82, 2.24) is 5.32 Å². The van der Waals surface area contributed by atoms with Crippen molar-refractivity contribution >= 4 is 12.2 Å². The molecule has 1 N–H and O–H groups in total. The van der Waals surface area contributed by atoms with Crippen LogP contribution in [0.25, 0.3) is 6.08 Å². The number of amides is 1. The number of nitrogens with one attached hydrogen (secondary N) is 1. The first-order valence-corrected chi connectivity index (χ1v) is 7.46. The molecule has 0 heterocycles. The number of benzene rings is 2. The maximum atomic E-state index is 11.8. The van der Waals surface area contributed by atoms with E-state index in [0.29, 0.717) is 0 Å². The number of ether oxygens (including phenoxy) is 1. The van der Waals surface area contributed by atoms with Crippen LogP contribution in [0.2, 0.25) is 0 Å². The third-order valence-electron chi connectivity index (χ3n) is 3.18. The maximum absolute atomic E-state index is 11.8. The third kappa shape index (κ3) is 6.31. The van der Waals surface area contributed by atoms with Crippen molar-refractivity contribution in [3.05, 3.63) is 88.0 Å². The maximum Gasteiger partial charge on any atom is 0.408 e. The summed E-state index contributed by atoms with van der Waals surface area (Å²) in [6, 6.07) is 17.8. The minimum atomic E-state index is -0.747. The number of carbonyl (C=O) groups is 1. The van der Waals surface area contributed by atoms with Gasteiger partial charge in [-0.15, -0.1) is 0 Å². The molecule has 2 rings (SSSR count).